The lowest BCUT2D eigenvalue weighted by Gasteiger charge is -2.34. The van der Waals surface area contributed by atoms with Gasteiger partial charge in [0.1, 0.15) is 6.04 Å². The second-order valence-corrected chi connectivity index (χ2v) is 10.1. The van der Waals surface area contributed by atoms with Crippen molar-refractivity contribution in [1.82, 2.24) is 20.9 Å². The van der Waals surface area contributed by atoms with Crippen LogP contribution in [0.1, 0.15) is 56.9 Å². The van der Waals surface area contributed by atoms with Crippen LogP contribution < -0.4 is 21.7 Å². The molecule has 1 heterocycles. The Morgan fingerprint density at radius 1 is 1.00 bits per heavy atom. The summed E-state index contributed by atoms with van der Waals surface area (Å²) < 4.78 is 0. The molecule has 0 aromatic heterocycles. The number of amides is 2. The Bertz CT molecular complexity index is 879. The van der Waals surface area contributed by atoms with E-state index in [9.17, 15) is 19.5 Å². The number of benzene rings is 1. The SMILES string of the molecule is C=C(N)N1CCC(NC(=O)[C@H](Cc2ccccc2)NC(=O)[C@@H](CC2CCCCC2)NCC(=O)O)CC1. The number of carbonyl (C=O) groups excluding carboxylic acids is 2. The molecule has 0 unspecified atom stereocenters. The highest BCUT2D eigenvalue weighted by atomic mass is 16.4. The van der Waals surface area contributed by atoms with Crippen LogP contribution in [0.5, 0.6) is 0 Å². The first-order chi connectivity index (χ1) is 17.3. The maximum atomic E-state index is 13.4. The average molecular weight is 500 g/mol. The number of rotatable bonds is 12. The van der Waals surface area contributed by atoms with Gasteiger partial charge in [0.15, 0.2) is 0 Å². The lowest BCUT2D eigenvalue weighted by Crippen LogP contribution is -2.56. The van der Waals surface area contributed by atoms with Crippen molar-refractivity contribution in [2.24, 2.45) is 11.7 Å². The lowest BCUT2D eigenvalue weighted by atomic mass is 9.84. The second-order valence-electron chi connectivity index (χ2n) is 10.1. The van der Waals surface area contributed by atoms with E-state index in [1.165, 1.54) is 6.42 Å². The number of nitrogens with zero attached hydrogens (tertiary/aromatic N) is 1. The molecule has 2 atom stereocenters. The van der Waals surface area contributed by atoms with E-state index in [0.29, 0.717) is 24.6 Å². The van der Waals surface area contributed by atoms with Gasteiger partial charge in [-0.05, 0) is 30.7 Å². The van der Waals surface area contributed by atoms with Gasteiger partial charge in [-0.25, -0.2) is 0 Å². The maximum Gasteiger partial charge on any atom is 0.317 e. The van der Waals surface area contributed by atoms with Crippen molar-refractivity contribution >= 4 is 17.8 Å². The minimum absolute atomic E-state index is 0.00792. The average Bonchev–Trinajstić information content (AvgIpc) is 2.87. The fraction of sp³-hybridized carbons (Fsp3) is 0.593. The van der Waals surface area contributed by atoms with Gasteiger partial charge in [0.2, 0.25) is 11.8 Å². The predicted octanol–water partition coefficient (Wildman–Crippen LogP) is 1.74. The van der Waals surface area contributed by atoms with Crippen LogP contribution in [0.3, 0.4) is 0 Å². The molecular formula is C27H41N5O4. The number of nitrogens with one attached hydrogen (secondary N) is 3. The molecule has 1 aliphatic heterocycles. The van der Waals surface area contributed by atoms with Crippen LogP contribution in [0, 0.1) is 5.92 Å². The maximum absolute atomic E-state index is 13.4. The Kier molecular flexibility index (Phi) is 10.6. The summed E-state index contributed by atoms with van der Waals surface area (Å²) in [6, 6.07) is 8.15. The number of carbonyl (C=O) groups is 3. The number of aliphatic carboxylic acids is 1. The van der Waals surface area contributed by atoms with Gasteiger partial charge in [0, 0.05) is 25.6 Å². The molecule has 1 saturated heterocycles. The second kappa shape index (κ2) is 13.9. The Balaban J connectivity index is 1.67. The van der Waals surface area contributed by atoms with Gasteiger partial charge < -0.3 is 26.4 Å². The zero-order chi connectivity index (χ0) is 25.9. The number of piperidine rings is 1. The number of likely N-dealkylation sites (tertiary alicyclic amines) is 1. The number of carboxylic acid groups (broad SMARTS) is 1. The van der Waals surface area contributed by atoms with Crippen LogP contribution >= 0.6 is 0 Å². The van der Waals surface area contributed by atoms with Crippen LogP contribution in [-0.4, -0.2) is 65.5 Å². The summed E-state index contributed by atoms with van der Waals surface area (Å²) in [6.07, 6.45) is 7.97. The standard InChI is InChI=1S/C27H41N5O4/c1-19(28)32-14-12-22(13-15-32)30-27(36)24(17-21-10-6-3-7-11-21)31-26(35)23(29-18-25(33)34)16-20-8-4-2-5-9-20/h3,6-7,10-11,20,22-24,29H,1-2,4-5,8-9,12-18,28H2,(H,30,36)(H,31,35)(H,33,34)/t23-,24+/m1/s1. The molecule has 6 N–H and O–H groups in total. The summed E-state index contributed by atoms with van der Waals surface area (Å²) >= 11 is 0. The highest BCUT2D eigenvalue weighted by molar-refractivity contribution is 5.90. The van der Waals surface area contributed by atoms with Crippen molar-refractivity contribution in [2.45, 2.75) is 75.9 Å². The molecule has 1 aliphatic carbocycles. The van der Waals surface area contributed by atoms with E-state index < -0.39 is 18.1 Å². The van der Waals surface area contributed by atoms with Crippen LogP contribution in [0.15, 0.2) is 42.7 Å². The topological polar surface area (TPSA) is 137 Å². The fourth-order valence-electron chi connectivity index (χ4n) is 5.19. The smallest absolute Gasteiger partial charge is 0.317 e. The molecule has 1 aromatic carbocycles. The third-order valence-corrected chi connectivity index (χ3v) is 7.27. The van der Waals surface area contributed by atoms with Crippen LogP contribution in [0.2, 0.25) is 0 Å². The fourth-order valence-corrected chi connectivity index (χ4v) is 5.19. The van der Waals surface area contributed by atoms with Gasteiger partial charge in [-0.15, -0.1) is 0 Å². The van der Waals surface area contributed by atoms with E-state index in [0.717, 1.165) is 57.2 Å². The van der Waals surface area contributed by atoms with Crippen molar-refractivity contribution < 1.29 is 19.5 Å². The van der Waals surface area contributed by atoms with Gasteiger partial charge in [-0.1, -0.05) is 69.0 Å². The van der Waals surface area contributed by atoms with Crippen LogP contribution in [0.4, 0.5) is 0 Å². The lowest BCUT2D eigenvalue weighted by molar-refractivity contribution is -0.136. The first kappa shape index (κ1) is 27.5. The summed E-state index contributed by atoms with van der Waals surface area (Å²) in [4.78, 5) is 39.9. The molecule has 0 bridgehead atoms. The highest BCUT2D eigenvalue weighted by Gasteiger charge is 2.30. The van der Waals surface area contributed by atoms with E-state index >= 15 is 0 Å². The third kappa shape index (κ3) is 8.86. The molecule has 2 amide bonds. The summed E-state index contributed by atoms with van der Waals surface area (Å²) in [5.74, 6) is -0.660. The van der Waals surface area contributed by atoms with Gasteiger partial charge in [0.05, 0.1) is 18.4 Å². The summed E-state index contributed by atoms with van der Waals surface area (Å²) in [7, 11) is 0. The normalized spacial score (nSPS) is 18.7. The Labute approximate surface area is 213 Å². The van der Waals surface area contributed by atoms with Gasteiger partial charge >= 0.3 is 5.97 Å². The first-order valence-corrected chi connectivity index (χ1v) is 13.1. The number of carboxylic acids is 1. The number of hydrogen-bond acceptors (Lipinski definition) is 6. The Morgan fingerprint density at radius 2 is 1.67 bits per heavy atom. The zero-order valence-corrected chi connectivity index (χ0v) is 21.1. The first-order valence-electron chi connectivity index (χ1n) is 13.1. The van der Waals surface area contributed by atoms with Crippen molar-refractivity contribution in [3.63, 3.8) is 0 Å². The van der Waals surface area contributed by atoms with E-state index in [1.807, 2.05) is 35.2 Å². The largest absolute Gasteiger partial charge is 0.480 e. The van der Waals surface area contributed by atoms with Gasteiger partial charge in [-0.2, -0.15) is 0 Å². The monoisotopic (exact) mass is 499 g/mol. The third-order valence-electron chi connectivity index (χ3n) is 7.27. The van der Waals surface area contributed by atoms with E-state index in [-0.39, 0.29) is 24.4 Å². The Hall–Kier alpha value is -3.07. The molecule has 2 fully saturated rings. The van der Waals surface area contributed by atoms with E-state index in [4.69, 9.17) is 5.73 Å². The minimum Gasteiger partial charge on any atom is -0.480 e. The van der Waals surface area contributed by atoms with Crippen molar-refractivity contribution in [3.05, 3.63) is 48.3 Å². The number of nitrogens with two attached hydrogens (primary N) is 1. The molecule has 9 nitrogen and oxygen atoms in total. The van der Waals surface area contributed by atoms with Gasteiger partial charge in [0.25, 0.3) is 0 Å². The molecule has 1 aromatic rings. The summed E-state index contributed by atoms with van der Waals surface area (Å²) in [6.45, 7) is 4.92. The number of hydrogen-bond donors (Lipinski definition) is 5. The van der Waals surface area contributed by atoms with Crippen molar-refractivity contribution in [2.75, 3.05) is 19.6 Å². The van der Waals surface area contributed by atoms with Crippen LogP contribution in [0.25, 0.3) is 0 Å². The molecule has 2 aliphatic rings. The van der Waals surface area contributed by atoms with E-state index in [1.54, 1.807) is 0 Å². The summed E-state index contributed by atoms with van der Waals surface area (Å²) in [5.41, 5.74) is 6.73. The quantitative estimate of drug-likeness (QED) is 0.295. The highest BCUT2D eigenvalue weighted by Crippen LogP contribution is 2.27. The van der Waals surface area contributed by atoms with Crippen LogP contribution in [-0.2, 0) is 20.8 Å². The molecule has 0 spiro atoms. The van der Waals surface area contributed by atoms with E-state index in [2.05, 4.69) is 22.5 Å². The molecule has 36 heavy (non-hydrogen) atoms. The molecule has 9 heteroatoms. The van der Waals surface area contributed by atoms with Crippen molar-refractivity contribution in [3.8, 4) is 0 Å². The Morgan fingerprint density at radius 3 is 2.28 bits per heavy atom. The summed E-state index contributed by atoms with van der Waals surface area (Å²) in [5, 5.41) is 18.1. The van der Waals surface area contributed by atoms with Crippen molar-refractivity contribution in [1.29, 1.82) is 0 Å². The minimum atomic E-state index is -1.01. The molecule has 1 saturated carbocycles. The molecule has 198 valence electrons. The van der Waals surface area contributed by atoms with Gasteiger partial charge in [-0.3, -0.25) is 19.7 Å². The molecule has 3 rings (SSSR count). The molecular weight excluding hydrogens is 458 g/mol. The zero-order valence-electron chi connectivity index (χ0n) is 21.1. The molecule has 0 radical (unpaired) electrons. The predicted molar refractivity (Wildman–Crippen MR) is 139 cm³/mol.